The Morgan fingerprint density at radius 2 is 1.50 bits per heavy atom. The average Bonchev–Trinajstić information content (AvgIpc) is 0.722. The Morgan fingerprint density at radius 1 is 1.50 bits per heavy atom. The predicted molar refractivity (Wildman–Crippen MR) is 36.3 cm³/mol. The van der Waals surface area contributed by atoms with Crippen LogP contribution in [0.4, 0.5) is 0 Å². The molecule has 2 N–H and O–H groups in total. The van der Waals surface area contributed by atoms with Gasteiger partial charge in [-0.05, 0) is 11.8 Å². The summed E-state index contributed by atoms with van der Waals surface area (Å²) in [5.74, 6) is 0. The summed E-state index contributed by atoms with van der Waals surface area (Å²) >= 11 is 7.07. The topological polar surface area (TPSA) is 40.5 Å². The molecule has 0 spiro atoms. The summed E-state index contributed by atoms with van der Waals surface area (Å²) in [5, 5.41) is 0. The zero-order chi connectivity index (χ0) is 4.50. The van der Waals surface area contributed by atoms with Gasteiger partial charge in [0.1, 0.15) is 0 Å². The van der Waals surface area contributed by atoms with Crippen LogP contribution in [0.25, 0.3) is 0 Å². The Hall–Kier alpha value is 2.49. The Bertz CT molecular complexity index is 57.7. The molecule has 0 saturated heterocycles. The fourth-order valence-corrected chi connectivity index (χ4v) is 0. The van der Waals surface area contributed by atoms with Gasteiger partial charge in [0.15, 0.2) is 0 Å². The Labute approximate surface area is 86.7 Å². The molecule has 0 aromatic carbocycles. The molecule has 0 aliphatic carbocycles. The minimum atomic E-state index is -3.11. The number of thiol groups is 1. The summed E-state index contributed by atoms with van der Waals surface area (Å²) in [6, 6.07) is 0. The summed E-state index contributed by atoms with van der Waals surface area (Å²) in [5.41, 5.74) is -3.11. The van der Waals surface area contributed by atoms with Crippen LogP contribution in [-0.2, 0) is 11.8 Å². The van der Waals surface area contributed by atoms with Gasteiger partial charge in [-0.1, -0.05) is 12.2 Å². The van der Waals surface area contributed by atoms with Gasteiger partial charge < -0.3 is 9.79 Å². The van der Waals surface area contributed by atoms with Crippen LogP contribution >= 0.6 is 17.9 Å². The molecule has 6 heteroatoms. The van der Waals surface area contributed by atoms with E-state index in [1.54, 1.807) is 0 Å². The third kappa shape index (κ3) is 31.5. The van der Waals surface area contributed by atoms with Crippen molar-refractivity contribution in [3.63, 3.8) is 0 Å². The third-order valence-corrected chi connectivity index (χ3v) is 0. The van der Waals surface area contributed by atoms with Crippen molar-refractivity contribution in [2.75, 3.05) is 0 Å². The Balaban J connectivity index is 0. The molecule has 0 aliphatic rings. The molecule has 2 nitrogen and oxygen atoms in total. The van der Waals surface area contributed by atoms with Crippen molar-refractivity contribution in [1.29, 1.82) is 0 Å². The molecule has 0 fully saturated rings. The number of hydrogen-bond acceptors (Lipinski definition) is 1. The van der Waals surface area contributed by atoms with Crippen LogP contribution in [0, 0.1) is 0 Å². The normalized spacial score (nSPS) is 9.83. The Morgan fingerprint density at radius 3 is 1.50 bits per heavy atom. The van der Waals surface area contributed by atoms with Gasteiger partial charge in [-0.3, -0.25) is 0 Å². The van der Waals surface area contributed by atoms with Crippen molar-refractivity contribution in [2.24, 2.45) is 0 Å². The number of hydrogen-bond donors (Lipinski definition) is 3. The fraction of sp³-hybridized carbons (Fsp3) is 0. The zero-order valence-corrected chi connectivity index (χ0v) is 4.80. The molecule has 0 heterocycles. The van der Waals surface area contributed by atoms with Crippen molar-refractivity contribution >= 4 is 78.6 Å². The molecule has 0 aliphatic heterocycles. The summed E-state index contributed by atoms with van der Waals surface area (Å²) in [6.45, 7) is 0. The summed E-state index contributed by atoms with van der Waals surface area (Å²) in [4.78, 5) is 15.7. The molecular formula is H5BaO2PS2. The van der Waals surface area contributed by atoms with Crippen molar-refractivity contribution in [2.45, 2.75) is 0 Å². The van der Waals surface area contributed by atoms with Gasteiger partial charge in [0.05, 0.1) is 0 Å². The van der Waals surface area contributed by atoms with Crippen LogP contribution in [0.5, 0.6) is 0 Å². The molecule has 36 valence electrons. The van der Waals surface area contributed by atoms with Gasteiger partial charge >= 0.3 is 48.9 Å². The quantitative estimate of drug-likeness (QED) is 0.307. The van der Waals surface area contributed by atoms with Crippen LogP contribution in [0.3, 0.4) is 0 Å². The second-order valence-electron chi connectivity index (χ2n) is 0.513. The summed E-state index contributed by atoms with van der Waals surface area (Å²) in [6.07, 6.45) is 0. The molecule has 0 bridgehead atoms. The average molecular weight is 269 g/mol. The van der Waals surface area contributed by atoms with Gasteiger partial charge in [-0.2, -0.15) is 0 Å². The first kappa shape index (κ1) is 11.3. The summed E-state index contributed by atoms with van der Waals surface area (Å²) < 4.78 is 0. The van der Waals surface area contributed by atoms with E-state index >= 15 is 0 Å². The Kier molecular flexibility index (Phi) is 8.25. The third-order valence-electron chi connectivity index (χ3n) is 0. The maximum absolute atomic E-state index is 7.87. The molecule has 0 radical (unpaired) electrons. The molecule has 0 saturated carbocycles. The molecule has 0 aromatic rings. The first-order valence-corrected chi connectivity index (χ1v) is 4.64. The number of rotatable bonds is 0. The predicted octanol–water partition coefficient (Wildman–Crippen LogP) is -0.791. The van der Waals surface area contributed by atoms with Crippen molar-refractivity contribution in [3.05, 3.63) is 0 Å². The van der Waals surface area contributed by atoms with Gasteiger partial charge in [-0.25, -0.2) is 0 Å². The van der Waals surface area contributed by atoms with E-state index in [0.717, 1.165) is 0 Å². The minimum absolute atomic E-state index is 0. The van der Waals surface area contributed by atoms with Gasteiger partial charge in [0.2, 0.25) is 5.69 Å². The van der Waals surface area contributed by atoms with Crippen molar-refractivity contribution in [1.82, 2.24) is 0 Å². The molecule has 0 atom stereocenters. The van der Waals surface area contributed by atoms with E-state index in [-0.39, 0.29) is 48.9 Å². The van der Waals surface area contributed by atoms with Crippen LogP contribution in [0.15, 0.2) is 0 Å². The van der Waals surface area contributed by atoms with Crippen LogP contribution in [0.1, 0.15) is 0 Å². The molecule has 0 aromatic heterocycles. The van der Waals surface area contributed by atoms with Gasteiger partial charge in [0.25, 0.3) is 0 Å². The second-order valence-corrected chi connectivity index (χ2v) is 5.55. The monoisotopic (exact) mass is 270 g/mol. The first-order valence-electron chi connectivity index (χ1n) is 0.783. The van der Waals surface area contributed by atoms with E-state index in [1.807, 2.05) is 0 Å². The standard InChI is InChI=1S/Ba.H3O2PS2.2H/c;1-3(2,4)5;;/h;(H3,1,2,4,5);;. The van der Waals surface area contributed by atoms with E-state index in [1.165, 1.54) is 0 Å². The van der Waals surface area contributed by atoms with Crippen molar-refractivity contribution < 1.29 is 9.79 Å². The van der Waals surface area contributed by atoms with E-state index in [2.05, 4.69) is 24.1 Å². The molecular weight excluding hydrogens is 264 g/mol. The molecule has 6 heavy (non-hydrogen) atoms. The van der Waals surface area contributed by atoms with Crippen molar-refractivity contribution in [3.8, 4) is 0 Å². The van der Waals surface area contributed by atoms with Crippen LogP contribution < -0.4 is 0 Å². The zero-order valence-electron chi connectivity index (χ0n) is 2.20. The molecule has 0 amide bonds. The maximum atomic E-state index is 7.87. The SMILES string of the molecule is OP(O)(=S)S.[BaH2]. The summed E-state index contributed by atoms with van der Waals surface area (Å²) in [7, 11) is 0. The van der Waals surface area contributed by atoms with E-state index in [0.29, 0.717) is 0 Å². The first-order chi connectivity index (χ1) is 2.00. The fourth-order valence-electron chi connectivity index (χ4n) is 0. The van der Waals surface area contributed by atoms with Gasteiger partial charge in [-0.15, -0.1) is 0 Å². The van der Waals surface area contributed by atoms with E-state index < -0.39 is 5.69 Å². The molecule has 0 unspecified atom stereocenters. The van der Waals surface area contributed by atoms with Gasteiger partial charge in [0, 0.05) is 0 Å². The molecule has 0 rings (SSSR count). The van der Waals surface area contributed by atoms with Crippen LogP contribution in [-0.4, -0.2) is 58.7 Å². The van der Waals surface area contributed by atoms with E-state index in [4.69, 9.17) is 9.79 Å². The van der Waals surface area contributed by atoms with E-state index in [9.17, 15) is 0 Å². The van der Waals surface area contributed by atoms with Crippen LogP contribution in [0.2, 0.25) is 0 Å². The second kappa shape index (κ2) is 4.38.